The average molecular weight is 319 g/mol. The summed E-state index contributed by atoms with van der Waals surface area (Å²) in [6.45, 7) is 9.45. The van der Waals surface area contributed by atoms with Crippen molar-refractivity contribution in [3.8, 4) is 5.69 Å². The van der Waals surface area contributed by atoms with Crippen LogP contribution in [0.5, 0.6) is 0 Å². The zero-order chi connectivity index (χ0) is 17.2. The molecule has 124 valence electrons. The second-order valence-corrected chi connectivity index (χ2v) is 7.25. The highest BCUT2D eigenvalue weighted by Crippen LogP contribution is 2.26. The number of benzene rings is 2. The predicted molar refractivity (Wildman–Crippen MR) is 101 cm³/mol. The largest absolute Gasteiger partial charge is 0.366 e. The summed E-state index contributed by atoms with van der Waals surface area (Å²) in [5.41, 5.74) is 4.68. The number of nitrogens with one attached hydrogen (secondary N) is 1. The Morgan fingerprint density at radius 3 is 2.25 bits per heavy atom. The third kappa shape index (κ3) is 3.67. The van der Waals surface area contributed by atoms with E-state index in [0.717, 1.165) is 23.7 Å². The van der Waals surface area contributed by atoms with Crippen LogP contribution >= 0.6 is 0 Å². The average Bonchev–Trinajstić information content (AvgIpc) is 2.99. The van der Waals surface area contributed by atoms with Crippen LogP contribution in [0.3, 0.4) is 0 Å². The van der Waals surface area contributed by atoms with Crippen LogP contribution < -0.4 is 5.32 Å². The van der Waals surface area contributed by atoms with E-state index in [1.807, 2.05) is 10.7 Å². The second kappa shape index (κ2) is 6.52. The van der Waals surface area contributed by atoms with Crippen LogP contribution in [0.15, 0.2) is 60.7 Å². The molecule has 0 bridgehead atoms. The molecular weight excluding hydrogens is 294 g/mol. The number of aromatic nitrogens is 2. The molecule has 0 atom stereocenters. The maximum Gasteiger partial charge on any atom is 0.130 e. The van der Waals surface area contributed by atoms with Gasteiger partial charge in [-0.3, -0.25) is 0 Å². The van der Waals surface area contributed by atoms with Crippen LogP contribution in [0.4, 0.5) is 5.82 Å². The highest BCUT2D eigenvalue weighted by molar-refractivity contribution is 5.48. The molecule has 0 amide bonds. The van der Waals surface area contributed by atoms with Gasteiger partial charge >= 0.3 is 0 Å². The van der Waals surface area contributed by atoms with Crippen molar-refractivity contribution >= 4 is 5.82 Å². The van der Waals surface area contributed by atoms with Crippen LogP contribution in [0.25, 0.3) is 5.69 Å². The molecule has 0 aliphatic heterocycles. The monoisotopic (exact) mass is 319 g/mol. The first-order chi connectivity index (χ1) is 11.4. The summed E-state index contributed by atoms with van der Waals surface area (Å²) in [6.07, 6.45) is 0. The van der Waals surface area contributed by atoms with Gasteiger partial charge in [-0.2, -0.15) is 5.10 Å². The highest BCUT2D eigenvalue weighted by Gasteiger charge is 2.20. The van der Waals surface area contributed by atoms with Crippen LogP contribution in [0, 0.1) is 6.92 Å². The number of nitrogens with zero attached hydrogens (tertiary/aromatic N) is 2. The highest BCUT2D eigenvalue weighted by atomic mass is 15.3. The third-order valence-electron chi connectivity index (χ3n) is 4.07. The van der Waals surface area contributed by atoms with Gasteiger partial charge in [0.2, 0.25) is 0 Å². The molecule has 3 aromatic rings. The lowest BCUT2D eigenvalue weighted by Gasteiger charge is -2.14. The Kier molecular flexibility index (Phi) is 4.43. The van der Waals surface area contributed by atoms with Crippen molar-refractivity contribution in [2.45, 2.75) is 39.7 Å². The molecule has 24 heavy (non-hydrogen) atoms. The topological polar surface area (TPSA) is 29.9 Å². The fourth-order valence-corrected chi connectivity index (χ4v) is 2.54. The molecule has 1 heterocycles. The molecule has 3 nitrogen and oxygen atoms in total. The van der Waals surface area contributed by atoms with E-state index in [1.165, 1.54) is 11.1 Å². The van der Waals surface area contributed by atoms with E-state index in [2.05, 4.69) is 87.6 Å². The van der Waals surface area contributed by atoms with Gasteiger partial charge in [0.05, 0.1) is 11.4 Å². The molecule has 1 aromatic heterocycles. The number of aryl methyl sites for hydroxylation is 1. The van der Waals surface area contributed by atoms with Crippen molar-refractivity contribution in [1.82, 2.24) is 9.78 Å². The SMILES string of the molecule is Cc1ccc(-n2nc(C(C)(C)C)cc2NCc2ccccc2)cc1. The Balaban J connectivity index is 1.93. The van der Waals surface area contributed by atoms with E-state index in [4.69, 9.17) is 5.10 Å². The van der Waals surface area contributed by atoms with Gasteiger partial charge in [-0.1, -0.05) is 68.8 Å². The maximum atomic E-state index is 4.85. The lowest BCUT2D eigenvalue weighted by atomic mass is 9.92. The standard InChI is InChI=1S/C21H25N3/c1-16-10-12-18(13-11-16)24-20(14-19(23-24)21(2,3)4)22-15-17-8-6-5-7-9-17/h5-14,22H,15H2,1-4H3. The molecule has 0 fully saturated rings. The van der Waals surface area contributed by atoms with E-state index in [1.54, 1.807) is 0 Å². The molecule has 0 aliphatic carbocycles. The lowest BCUT2D eigenvalue weighted by Crippen LogP contribution is -2.12. The van der Waals surface area contributed by atoms with Crippen molar-refractivity contribution in [3.63, 3.8) is 0 Å². The van der Waals surface area contributed by atoms with Gasteiger partial charge in [-0.25, -0.2) is 4.68 Å². The van der Waals surface area contributed by atoms with E-state index >= 15 is 0 Å². The van der Waals surface area contributed by atoms with Gasteiger partial charge in [-0.05, 0) is 24.6 Å². The quantitative estimate of drug-likeness (QED) is 0.726. The summed E-state index contributed by atoms with van der Waals surface area (Å²) in [7, 11) is 0. The number of rotatable bonds is 4. The van der Waals surface area contributed by atoms with E-state index < -0.39 is 0 Å². The first-order valence-electron chi connectivity index (χ1n) is 8.39. The predicted octanol–water partition coefficient (Wildman–Crippen LogP) is 5.09. The van der Waals surface area contributed by atoms with Gasteiger partial charge < -0.3 is 5.32 Å². The Bertz CT molecular complexity index is 793. The summed E-state index contributed by atoms with van der Waals surface area (Å²) in [5, 5.41) is 8.38. The Hall–Kier alpha value is -2.55. The Labute approximate surface area is 144 Å². The van der Waals surface area contributed by atoms with E-state index in [9.17, 15) is 0 Å². The number of anilines is 1. The molecule has 0 aliphatic rings. The van der Waals surface area contributed by atoms with Gasteiger partial charge in [0, 0.05) is 18.0 Å². The van der Waals surface area contributed by atoms with Gasteiger partial charge in [-0.15, -0.1) is 0 Å². The van der Waals surface area contributed by atoms with Crippen molar-refractivity contribution < 1.29 is 0 Å². The molecule has 2 aromatic carbocycles. The summed E-state index contributed by atoms with van der Waals surface area (Å²) >= 11 is 0. The molecular formula is C21H25N3. The van der Waals surface area contributed by atoms with Gasteiger partial charge in [0.25, 0.3) is 0 Å². The minimum atomic E-state index is 0.0130. The van der Waals surface area contributed by atoms with Gasteiger partial charge in [0.1, 0.15) is 5.82 Å². The van der Waals surface area contributed by atoms with Crippen molar-refractivity contribution in [1.29, 1.82) is 0 Å². The molecule has 0 unspecified atom stereocenters. The van der Waals surface area contributed by atoms with Gasteiger partial charge in [0.15, 0.2) is 0 Å². The van der Waals surface area contributed by atoms with E-state index in [-0.39, 0.29) is 5.41 Å². The summed E-state index contributed by atoms with van der Waals surface area (Å²) in [6, 6.07) is 21.0. The summed E-state index contributed by atoms with van der Waals surface area (Å²) in [5.74, 6) is 1.02. The third-order valence-corrected chi connectivity index (χ3v) is 4.07. The Morgan fingerprint density at radius 1 is 0.958 bits per heavy atom. The molecule has 0 radical (unpaired) electrons. The van der Waals surface area contributed by atoms with Crippen LogP contribution in [-0.2, 0) is 12.0 Å². The molecule has 0 saturated carbocycles. The molecule has 3 heteroatoms. The molecule has 3 rings (SSSR count). The van der Waals surface area contributed by atoms with Crippen LogP contribution in [-0.4, -0.2) is 9.78 Å². The zero-order valence-corrected chi connectivity index (χ0v) is 14.9. The Morgan fingerprint density at radius 2 is 1.62 bits per heavy atom. The first-order valence-corrected chi connectivity index (χ1v) is 8.39. The van der Waals surface area contributed by atoms with Crippen molar-refractivity contribution in [2.24, 2.45) is 0 Å². The minimum Gasteiger partial charge on any atom is -0.366 e. The maximum absolute atomic E-state index is 4.85. The summed E-state index contributed by atoms with van der Waals surface area (Å²) in [4.78, 5) is 0. The van der Waals surface area contributed by atoms with Crippen molar-refractivity contribution in [3.05, 3.63) is 77.5 Å². The molecule has 0 saturated heterocycles. The number of hydrogen-bond donors (Lipinski definition) is 1. The fourth-order valence-electron chi connectivity index (χ4n) is 2.54. The van der Waals surface area contributed by atoms with E-state index in [0.29, 0.717) is 0 Å². The zero-order valence-electron chi connectivity index (χ0n) is 14.9. The number of hydrogen-bond acceptors (Lipinski definition) is 2. The first kappa shape index (κ1) is 16.3. The van der Waals surface area contributed by atoms with Crippen LogP contribution in [0.2, 0.25) is 0 Å². The lowest BCUT2D eigenvalue weighted by molar-refractivity contribution is 0.560. The molecule has 1 N–H and O–H groups in total. The fraction of sp³-hybridized carbons (Fsp3) is 0.286. The summed E-state index contributed by atoms with van der Waals surface area (Å²) < 4.78 is 2.00. The second-order valence-electron chi connectivity index (χ2n) is 7.25. The minimum absolute atomic E-state index is 0.0130. The normalized spacial score (nSPS) is 11.5. The smallest absolute Gasteiger partial charge is 0.130 e. The van der Waals surface area contributed by atoms with Crippen molar-refractivity contribution in [2.75, 3.05) is 5.32 Å². The van der Waals surface area contributed by atoms with Crippen LogP contribution in [0.1, 0.15) is 37.6 Å². The molecule has 0 spiro atoms.